The second-order valence-electron chi connectivity index (χ2n) is 9.13. The summed E-state index contributed by atoms with van der Waals surface area (Å²) in [6, 6.07) is 1.74. The van der Waals surface area contributed by atoms with Gasteiger partial charge in [-0.05, 0) is 38.8 Å². The zero-order chi connectivity index (χ0) is 26.5. The zero-order valence-electron chi connectivity index (χ0n) is 20.1. The van der Waals surface area contributed by atoms with Gasteiger partial charge >= 0.3 is 12.2 Å². The van der Waals surface area contributed by atoms with E-state index in [9.17, 15) is 27.2 Å². The number of hydrogen-bond acceptors (Lipinski definition) is 7. The van der Waals surface area contributed by atoms with E-state index in [-0.39, 0.29) is 37.4 Å². The lowest BCUT2D eigenvalue weighted by molar-refractivity contribution is -0.137. The number of carbonyl (C=O) groups is 2. The summed E-state index contributed by atoms with van der Waals surface area (Å²) in [6.07, 6.45) is -1.61. The highest BCUT2D eigenvalue weighted by molar-refractivity contribution is 6.23. The number of pyridine rings is 1. The SMILES string of the molecule is CCN1C(=O)N(c2cnc3cnn(CC(C)F)c3n2)C(=O)C12CCN(c1ccc(C(F)(F)F)cn1)CC2. The molecular weight excluding hydrogens is 496 g/mol. The molecule has 0 aliphatic carbocycles. The van der Waals surface area contributed by atoms with Crippen molar-refractivity contribution in [1.82, 2.24) is 29.6 Å². The minimum Gasteiger partial charge on any atom is -0.356 e. The number of alkyl halides is 4. The number of rotatable bonds is 5. The Bertz CT molecular complexity index is 1330. The van der Waals surface area contributed by atoms with Crippen LogP contribution in [0.5, 0.6) is 0 Å². The van der Waals surface area contributed by atoms with E-state index in [2.05, 4.69) is 20.1 Å². The minimum absolute atomic E-state index is 0.0259. The highest BCUT2D eigenvalue weighted by Gasteiger charge is 2.58. The molecule has 3 aromatic rings. The lowest BCUT2D eigenvalue weighted by Gasteiger charge is -2.42. The van der Waals surface area contributed by atoms with Gasteiger partial charge in [0.25, 0.3) is 5.91 Å². The average Bonchev–Trinajstić information content (AvgIpc) is 3.34. The first kappa shape index (κ1) is 24.8. The van der Waals surface area contributed by atoms with Gasteiger partial charge in [0, 0.05) is 25.8 Å². The first-order valence-electron chi connectivity index (χ1n) is 11.8. The number of hydrogen-bond donors (Lipinski definition) is 0. The molecule has 2 fully saturated rings. The van der Waals surface area contributed by atoms with Crippen LogP contribution in [-0.2, 0) is 17.5 Å². The normalized spacial score (nSPS) is 18.9. The fourth-order valence-electron chi connectivity index (χ4n) is 5.00. The number of nitrogens with zero attached hydrogens (tertiary/aromatic N) is 8. The minimum atomic E-state index is -4.48. The van der Waals surface area contributed by atoms with Gasteiger partial charge in [-0.15, -0.1) is 0 Å². The molecule has 2 aliphatic rings. The van der Waals surface area contributed by atoms with Crippen LogP contribution in [0.3, 0.4) is 0 Å². The maximum atomic E-state index is 13.8. The van der Waals surface area contributed by atoms with Gasteiger partial charge in [-0.1, -0.05) is 0 Å². The largest absolute Gasteiger partial charge is 0.417 e. The fourth-order valence-corrected chi connectivity index (χ4v) is 5.00. The smallest absolute Gasteiger partial charge is 0.356 e. The molecule has 1 spiro atoms. The molecule has 196 valence electrons. The molecule has 37 heavy (non-hydrogen) atoms. The van der Waals surface area contributed by atoms with Gasteiger partial charge in [0.15, 0.2) is 11.5 Å². The van der Waals surface area contributed by atoms with E-state index in [4.69, 9.17) is 0 Å². The third-order valence-corrected chi connectivity index (χ3v) is 6.83. The summed E-state index contributed by atoms with van der Waals surface area (Å²) in [4.78, 5) is 44.1. The number of likely N-dealkylation sites (N-methyl/N-ethyl adjacent to an activating group) is 1. The zero-order valence-corrected chi connectivity index (χ0v) is 20.1. The summed E-state index contributed by atoms with van der Waals surface area (Å²) in [6.45, 7) is 4.00. The summed E-state index contributed by atoms with van der Waals surface area (Å²) in [5.74, 6) is -0.0536. The van der Waals surface area contributed by atoms with E-state index < -0.39 is 35.4 Å². The Morgan fingerprint density at radius 2 is 1.78 bits per heavy atom. The Morgan fingerprint density at radius 1 is 1.05 bits per heavy atom. The Morgan fingerprint density at radius 3 is 2.38 bits per heavy atom. The number of piperidine rings is 1. The first-order valence-corrected chi connectivity index (χ1v) is 11.8. The Balaban J connectivity index is 1.40. The summed E-state index contributed by atoms with van der Waals surface area (Å²) in [5.41, 5.74) is -1.30. The summed E-state index contributed by atoms with van der Waals surface area (Å²) < 4.78 is 53.6. The Hall–Kier alpha value is -3.84. The van der Waals surface area contributed by atoms with Crippen molar-refractivity contribution < 1.29 is 27.2 Å². The van der Waals surface area contributed by atoms with Crippen LogP contribution in [0.1, 0.15) is 32.3 Å². The monoisotopic (exact) mass is 520 g/mol. The van der Waals surface area contributed by atoms with Crippen molar-refractivity contribution in [3.8, 4) is 0 Å². The molecule has 5 rings (SSSR count). The molecule has 5 heterocycles. The molecule has 1 unspecified atom stereocenters. The fraction of sp³-hybridized carbons (Fsp3) is 0.478. The number of fused-ring (bicyclic) bond motifs is 1. The number of halogens is 4. The molecule has 0 bridgehead atoms. The van der Waals surface area contributed by atoms with Gasteiger partial charge in [-0.3, -0.25) is 4.79 Å². The number of amides is 3. The average molecular weight is 520 g/mol. The van der Waals surface area contributed by atoms with Gasteiger partial charge in [-0.2, -0.15) is 18.3 Å². The first-order chi connectivity index (χ1) is 17.5. The van der Waals surface area contributed by atoms with Gasteiger partial charge in [-0.25, -0.2) is 33.7 Å². The number of imide groups is 1. The van der Waals surface area contributed by atoms with Crippen molar-refractivity contribution >= 4 is 34.7 Å². The number of urea groups is 1. The quantitative estimate of drug-likeness (QED) is 0.375. The van der Waals surface area contributed by atoms with E-state index in [1.165, 1.54) is 35.0 Å². The van der Waals surface area contributed by atoms with Crippen molar-refractivity contribution in [3.63, 3.8) is 0 Å². The highest BCUT2D eigenvalue weighted by atomic mass is 19.4. The molecule has 2 aliphatic heterocycles. The summed E-state index contributed by atoms with van der Waals surface area (Å²) in [7, 11) is 0. The van der Waals surface area contributed by atoms with Gasteiger partial charge in [0.05, 0.1) is 24.5 Å². The van der Waals surface area contributed by atoms with Crippen LogP contribution < -0.4 is 9.80 Å². The van der Waals surface area contributed by atoms with E-state index in [1.807, 2.05) is 0 Å². The maximum absolute atomic E-state index is 13.8. The lowest BCUT2D eigenvalue weighted by Crippen LogP contribution is -2.56. The molecule has 0 N–H and O–H groups in total. The molecule has 14 heteroatoms. The van der Waals surface area contributed by atoms with Crippen molar-refractivity contribution in [2.45, 2.75) is 51.1 Å². The van der Waals surface area contributed by atoms with Gasteiger partial charge in [0.2, 0.25) is 0 Å². The van der Waals surface area contributed by atoms with Crippen LogP contribution in [0.2, 0.25) is 0 Å². The second kappa shape index (κ2) is 8.92. The van der Waals surface area contributed by atoms with E-state index in [1.54, 1.807) is 11.8 Å². The van der Waals surface area contributed by atoms with Crippen LogP contribution in [0, 0.1) is 0 Å². The molecule has 2 saturated heterocycles. The molecule has 0 radical (unpaired) electrons. The molecule has 10 nitrogen and oxygen atoms in total. The van der Waals surface area contributed by atoms with Crippen LogP contribution in [0.4, 0.5) is 34.0 Å². The van der Waals surface area contributed by atoms with E-state index in [0.717, 1.165) is 17.2 Å². The molecular formula is C23H24F4N8O2. The van der Waals surface area contributed by atoms with E-state index in [0.29, 0.717) is 24.4 Å². The van der Waals surface area contributed by atoms with Gasteiger partial charge in [0.1, 0.15) is 23.0 Å². The Labute approximate surface area is 208 Å². The Kier molecular flexibility index (Phi) is 5.99. The predicted molar refractivity (Wildman–Crippen MR) is 125 cm³/mol. The summed E-state index contributed by atoms with van der Waals surface area (Å²) >= 11 is 0. The van der Waals surface area contributed by atoms with E-state index >= 15 is 0 Å². The summed E-state index contributed by atoms with van der Waals surface area (Å²) in [5, 5.41) is 4.09. The topological polar surface area (TPSA) is 100 Å². The van der Waals surface area contributed by atoms with Crippen LogP contribution in [0.15, 0.2) is 30.7 Å². The van der Waals surface area contributed by atoms with Crippen molar-refractivity contribution in [2.24, 2.45) is 0 Å². The van der Waals surface area contributed by atoms with Crippen LogP contribution in [0.25, 0.3) is 11.2 Å². The number of anilines is 2. The van der Waals surface area contributed by atoms with Crippen molar-refractivity contribution in [3.05, 3.63) is 36.3 Å². The molecule has 1 atom stereocenters. The van der Waals surface area contributed by atoms with Crippen LogP contribution in [-0.4, -0.2) is 72.9 Å². The maximum Gasteiger partial charge on any atom is 0.417 e. The lowest BCUT2D eigenvalue weighted by atomic mass is 9.85. The third-order valence-electron chi connectivity index (χ3n) is 6.83. The second-order valence-corrected chi connectivity index (χ2v) is 9.13. The molecule has 3 aromatic heterocycles. The molecule has 0 saturated carbocycles. The third kappa shape index (κ3) is 4.13. The standard InChI is InChI=1S/C23H24F4N8O2/c1-3-33-21(37)35(18-12-28-16-11-30-34(13-14(2)24)19(16)31-18)20(36)22(33)6-8-32(9-7-22)17-5-4-15(10-29-17)23(25,26)27/h4-5,10-12,14H,3,6-9,13H2,1-2H3. The molecule has 3 amide bonds. The number of carbonyl (C=O) groups excluding carboxylic acids is 2. The van der Waals surface area contributed by atoms with Crippen molar-refractivity contribution in [1.29, 1.82) is 0 Å². The molecule has 0 aromatic carbocycles. The van der Waals surface area contributed by atoms with Crippen molar-refractivity contribution in [2.75, 3.05) is 29.4 Å². The predicted octanol–water partition coefficient (Wildman–Crippen LogP) is 3.43. The number of aromatic nitrogens is 5. The van der Waals surface area contributed by atoms with Crippen LogP contribution >= 0.6 is 0 Å². The van der Waals surface area contributed by atoms with Gasteiger partial charge < -0.3 is 9.80 Å². The highest BCUT2D eigenvalue weighted by Crippen LogP contribution is 2.40.